The molecule has 0 radical (unpaired) electrons. The maximum Gasteiger partial charge on any atom is 0.262 e. The molecule has 0 amide bonds. The molecule has 3 aromatic rings. The Morgan fingerprint density at radius 3 is 2.90 bits per heavy atom. The van der Waals surface area contributed by atoms with E-state index in [1.165, 1.54) is 0 Å². The monoisotopic (exact) mass is 282 g/mol. The van der Waals surface area contributed by atoms with Gasteiger partial charge in [0.1, 0.15) is 0 Å². The quantitative estimate of drug-likeness (QED) is 0.566. The molecule has 21 heavy (non-hydrogen) atoms. The van der Waals surface area contributed by atoms with Crippen LogP contribution in [0.3, 0.4) is 0 Å². The van der Waals surface area contributed by atoms with Crippen LogP contribution in [0.25, 0.3) is 22.8 Å². The Bertz CT molecular complexity index is 783. The maximum atomic E-state index is 9.97. The van der Waals surface area contributed by atoms with E-state index in [1.54, 1.807) is 30.6 Å². The summed E-state index contributed by atoms with van der Waals surface area (Å²) in [4.78, 5) is 8.43. The number of phenolic OH excluding ortho intramolecular Hbond substituents is 1. The molecule has 106 valence electrons. The highest BCUT2D eigenvalue weighted by atomic mass is 16.5. The summed E-state index contributed by atoms with van der Waals surface area (Å²) in [6, 6.07) is 6.84. The lowest BCUT2D eigenvalue weighted by Crippen LogP contribution is -1.91. The number of aromatic hydroxyl groups is 1. The molecule has 0 saturated heterocycles. The van der Waals surface area contributed by atoms with E-state index in [2.05, 4.69) is 15.1 Å². The lowest BCUT2D eigenvalue weighted by Gasteiger charge is -2.02. The lowest BCUT2D eigenvalue weighted by atomic mass is 10.1. The number of pyridine rings is 1. The summed E-state index contributed by atoms with van der Waals surface area (Å²) >= 11 is 0. The van der Waals surface area contributed by atoms with Crippen LogP contribution in [0.1, 0.15) is 12.5 Å². The Kier molecular flexibility index (Phi) is 3.27. The van der Waals surface area contributed by atoms with Crippen molar-refractivity contribution in [2.45, 2.75) is 13.3 Å². The van der Waals surface area contributed by atoms with Gasteiger partial charge in [-0.1, -0.05) is 18.1 Å². The molecule has 0 unspecified atom stereocenters. The van der Waals surface area contributed by atoms with Gasteiger partial charge < -0.3 is 15.4 Å². The van der Waals surface area contributed by atoms with Crippen molar-refractivity contribution in [1.29, 1.82) is 0 Å². The van der Waals surface area contributed by atoms with Gasteiger partial charge >= 0.3 is 0 Å². The van der Waals surface area contributed by atoms with Crippen LogP contribution in [-0.2, 0) is 6.42 Å². The van der Waals surface area contributed by atoms with Crippen molar-refractivity contribution in [3.63, 3.8) is 0 Å². The summed E-state index contributed by atoms with van der Waals surface area (Å²) in [6.45, 7) is 2.03. The molecule has 0 aliphatic heterocycles. The van der Waals surface area contributed by atoms with Gasteiger partial charge in [0.25, 0.3) is 5.89 Å². The molecule has 1 aromatic carbocycles. The smallest absolute Gasteiger partial charge is 0.262 e. The van der Waals surface area contributed by atoms with Gasteiger partial charge in [0, 0.05) is 18.0 Å². The molecule has 6 heteroatoms. The molecular formula is C15H14N4O2. The summed E-state index contributed by atoms with van der Waals surface area (Å²) in [7, 11) is 0. The molecule has 0 fully saturated rings. The van der Waals surface area contributed by atoms with E-state index in [9.17, 15) is 5.11 Å². The second-order valence-electron chi connectivity index (χ2n) is 4.55. The first-order chi connectivity index (χ1) is 10.2. The Hall–Kier alpha value is -2.89. The second kappa shape index (κ2) is 5.24. The fourth-order valence-corrected chi connectivity index (χ4v) is 2.10. The number of aryl methyl sites for hydroxylation is 1. The molecule has 0 bridgehead atoms. The van der Waals surface area contributed by atoms with E-state index in [0.29, 0.717) is 11.4 Å². The minimum atomic E-state index is -0.0573. The number of hydrogen-bond donors (Lipinski definition) is 2. The first kappa shape index (κ1) is 13.1. The van der Waals surface area contributed by atoms with Gasteiger partial charge in [-0.15, -0.1) is 0 Å². The molecule has 0 saturated carbocycles. The number of aromatic nitrogens is 3. The summed E-state index contributed by atoms with van der Waals surface area (Å²) in [5.74, 6) is 0.637. The number of phenols is 1. The molecule has 0 spiro atoms. The average molecular weight is 282 g/mol. The predicted molar refractivity (Wildman–Crippen MR) is 78.4 cm³/mol. The topological polar surface area (TPSA) is 98.1 Å². The fourth-order valence-electron chi connectivity index (χ4n) is 2.10. The predicted octanol–water partition coefficient (Wildman–Crippen LogP) is 2.65. The van der Waals surface area contributed by atoms with Crippen molar-refractivity contribution in [3.8, 4) is 28.6 Å². The largest absolute Gasteiger partial charge is 0.505 e. The van der Waals surface area contributed by atoms with E-state index in [0.717, 1.165) is 17.5 Å². The third-order valence-electron chi connectivity index (χ3n) is 3.25. The minimum absolute atomic E-state index is 0.0573. The zero-order valence-electron chi connectivity index (χ0n) is 11.4. The van der Waals surface area contributed by atoms with Gasteiger partial charge in [-0.05, 0) is 30.2 Å². The van der Waals surface area contributed by atoms with Crippen LogP contribution in [0.4, 0.5) is 5.69 Å². The number of nitrogen functional groups attached to an aromatic ring is 1. The van der Waals surface area contributed by atoms with Crippen molar-refractivity contribution in [2.24, 2.45) is 0 Å². The Morgan fingerprint density at radius 1 is 1.24 bits per heavy atom. The Labute approximate surface area is 121 Å². The SMILES string of the molecule is CCc1cnccc1-c1noc(-c2cccc(N)c2O)n1. The van der Waals surface area contributed by atoms with Gasteiger partial charge in [-0.3, -0.25) is 4.98 Å². The number of para-hydroxylation sites is 1. The highest BCUT2D eigenvalue weighted by Gasteiger charge is 2.16. The lowest BCUT2D eigenvalue weighted by molar-refractivity contribution is 0.426. The Morgan fingerprint density at radius 2 is 2.10 bits per heavy atom. The third-order valence-corrected chi connectivity index (χ3v) is 3.25. The molecule has 3 N–H and O–H groups in total. The van der Waals surface area contributed by atoms with Gasteiger partial charge in [0.15, 0.2) is 5.75 Å². The summed E-state index contributed by atoms with van der Waals surface area (Å²) in [6.07, 6.45) is 4.28. The summed E-state index contributed by atoms with van der Waals surface area (Å²) in [5.41, 5.74) is 8.26. The molecule has 0 aliphatic carbocycles. The van der Waals surface area contributed by atoms with Crippen molar-refractivity contribution >= 4 is 5.69 Å². The highest BCUT2D eigenvalue weighted by molar-refractivity contribution is 5.72. The van der Waals surface area contributed by atoms with Crippen LogP contribution in [0, 0.1) is 0 Å². The maximum absolute atomic E-state index is 9.97. The summed E-state index contributed by atoms with van der Waals surface area (Å²) in [5, 5.41) is 13.9. The number of nitrogens with zero attached hydrogens (tertiary/aromatic N) is 3. The summed E-state index contributed by atoms with van der Waals surface area (Å²) < 4.78 is 5.24. The van der Waals surface area contributed by atoms with Gasteiger partial charge in [0.2, 0.25) is 5.82 Å². The van der Waals surface area contributed by atoms with Crippen molar-refractivity contribution in [3.05, 3.63) is 42.2 Å². The molecule has 2 aromatic heterocycles. The van der Waals surface area contributed by atoms with E-state index in [4.69, 9.17) is 10.3 Å². The number of rotatable bonds is 3. The van der Waals surface area contributed by atoms with Crippen LogP contribution in [-0.4, -0.2) is 20.2 Å². The molecular weight excluding hydrogens is 268 g/mol. The van der Waals surface area contributed by atoms with E-state index < -0.39 is 0 Å². The molecule has 3 rings (SSSR count). The second-order valence-corrected chi connectivity index (χ2v) is 4.55. The van der Waals surface area contributed by atoms with Gasteiger partial charge in [0.05, 0.1) is 11.3 Å². The molecule has 0 atom stereocenters. The average Bonchev–Trinajstić information content (AvgIpc) is 2.99. The van der Waals surface area contributed by atoms with E-state index in [-0.39, 0.29) is 17.3 Å². The highest BCUT2D eigenvalue weighted by Crippen LogP contribution is 2.33. The Balaban J connectivity index is 2.06. The van der Waals surface area contributed by atoms with Crippen molar-refractivity contribution < 1.29 is 9.63 Å². The van der Waals surface area contributed by atoms with Crippen LogP contribution in [0.5, 0.6) is 5.75 Å². The van der Waals surface area contributed by atoms with E-state index >= 15 is 0 Å². The van der Waals surface area contributed by atoms with Crippen molar-refractivity contribution in [1.82, 2.24) is 15.1 Å². The third kappa shape index (κ3) is 2.31. The van der Waals surface area contributed by atoms with Crippen LogP contribution < -0.4 is 5.73 Å². The zero-order valence-corrected chi connectivity index (χ0v) is 11.4. The fraction of sp³-hybridized carbons (Fsp3) is 0.133. The van der Waals surface area contributed by atoms with Crippen LogP contribution >= 0.6 is 0 Å². The standard InChI is InChI=1S/C15H14N4O2/c1-2-9-8-17-7-6-10(9)14-18-15(21-19-14)11-4-3-5-12(16)13(11)20/h3-8,20H,2,16H2,1H3. The number of hydrogen-bond acceptors (Lipinski definition) is 6. The normalized spacial score (nSPS) is 10.7. The number of benzene rings is 1. The minimum Gasteiger partial charge on any atom is -0.505 e. The number of anilines is 1. The van der Waals surface area contributed by atoms with E-state index in [1.807, 2.05) is 13.0 Å². The molecule has 6 nitrogen and oxygen atoms in total. The number of nitrogens with two attached hydrogens (primary N) is 1. The van der Waals surface area contributed by atoms with Gasteiger partial charge in [-0.2, -0.15) is 4.98 Å². The van der Waals surface area contributed by atoms with Gasteiger partial charge in [-0.25, -0.2) is 0 Å². The first-order valence-electron chi connectivity index (χ1n) is 6.55. The van der Waals surface area contributed by atoms with Crippen LogP contribution in [0.15, 0.2) is 41.2 Å². The zero-order chi connectivity index (χ0) is 14.8. The van der Waals surface area contributed by atoms with Crippen molar-refractivity contribution in [2.75, 3.05) is 5.73 Å². The van der Waals surface area contributed by atoms with Crippen LogP contribution in [0.2, 0.25) is 0 Å². The first-order valence-corrected chi connectivity index (χ1v) is 6.55. The molecule has 0 aliphatic rings. The molecule has 2 heterocycles.